The third-order valence-corrected chi connectivity index (χ3v) is 5.41. The van der Waals surface area contributed by atoms with Gasteiger partial charge in [-0.3, -0.25) is 4.90 Å². The van der Waals surface area contributed by atoms with Crippen LogP contribution >= 0.6 is 11.6 Å². The summed E-state index contributed by atoms with van der Waals surface area (Å²) in [6.45, 7) is 1.17. The molecule has 0 saturated heterocycles. The second-order valence-electron chi connectivity index (χ2n) is 7.22. The number of methoxy groups -OCH3 is 1. The van der Waals surface area contributed by atoms with Crippen LogP contribution in [0.2, 0.25) is 5.02 Å². The fourth-order valence-electron chi connectivity index (χ4n) is 3.62. The molecule has 1 aliphatic heterocycles. The minimum absolute atomic E-state index is 0.281. The van der Waals surface area contributed by atoms with E-state index in [1.54, 1.807) is 30.2 Å². The first kappa shape index (κ1) is 20.2. The summed E-state index contributed by atoms with van der Waals surface area (Å²) in [5.41, 5.74) is 1.33. The minimum Gasteiger partial charge on any atom is -0.497 e. The van der Waals surface area contributed by atoms with Gasteiger partial charge >= 0.3 is 6.03 Å². The third-order valence-electron chi connectivity index (χ3n) is 5.17. The SMILES string of the molecule is COc1cccc(NC(=O)N(Cc2nnc3n2CCCCC3)c2cccc(Cl)c2)c1. The highest BCUT2D eigenvalue weighted by atomic mass is 35.5. The Bertz CT molecular complexity index is 1040. The quantitative estimate of drug-likeness (QED) is 0.630. The van der Waals surface area contributed by atoms with E-state index < -0.39 is 0 Å². The number of aryl methyl sites for hydroxylation is 1. The number of nitrogens with one attached hydrogen (secondary N) is 1. The van der Waals surface area contributed by atoms with Crippen molar-refractivity contribution in [1.29, 1.82) is 0 Å². The summed E-state index contributed by atoms with van der Waals surface area (Å²) in [5, 5.41) is 12.2. The highest BCUT2D eigenvalue weighted by molar-refractivity contribution is 6.31. The van der Waals surface area contributed by atoms with Gasteiger partial charge in [-0.1, -0.05) is 30.2 Å². The third kappa shape index (κ3) is 4.57. The highest BCUT2D eigenvalue weighted by Crippen LogP contribution is 2.24. The number of hydrogen-bond donors (Lipinski definition) is 1. The number of hydrogen-bond acceptors (Lipinski definition) is 4. The van der Waals surface area contributed by atoms with Gasteiger partial charge in [0, 0.05) is 35.4 Å². The summed E-state index contributed by atoms with van der Waals surface area (Å²) in [6, 6.07) is 14.2. The number of carbonyl (C=O) groups is 1. The Morgan fingerprint density at radius 1 is 1.17 bits per heavy atom. The number of ether oxygens (including phenoxy) is 1. The summed E-state index contributed by atoms with van der Waals surface area (Å²) in [4.78, 5) is 14.9. The number of fused-ring (bicyclic) bond motifs is 1. The predicted octanol–water partition coefficient (Wildman–Crippen LogP) is 4.91. The maximum Gasteiger partial charge on any atom is 0.326 e. The molecule has 0 saturated carbocycles. The molecule has 0 spiro atoms. The molecule has 4 rings (SSSR count). The van der Waals surface area contributed by atoms with Crippen molar-refractivity contribution in [3.05, 3.63) is 65.2 Å². The lowest BCUT2D eigenvalue weighted by Crippen LogP contribution is -2.35. The number of rotatable bonds is 5. The van der Waals surface area contributed by atoms with Gasteiger partial charge in [-0.05, 0) is 43.2 Å². The number of halogens is 1. The molecule has 8 heteroatoms. The van der Waals surface area contributed by atoms with Crippen LogP contribution in [0.5, 0.6) is 5.75 Å². The standard InChI is InChI=1S/C22H24ClN5O2/c1-30-19-10-6-8-17(14-19)24-22(29)28(18-9-5-7-16(23)13-18)15-21-26-25-20-11-3-2-4-12-27(20)21/h5-10,13-14H,2-4,11-12,15H2,1H3,(H,24,29). The molecule has 0 atom stereocenters. The predicted molar refractivity (Wildman–Crippen MR) is 117 cm³/mol. The maximum atomic E-state index is 13.3. The molecule has 0 aliphatic carbocycles. The molecule has 1 N–H and O–H groups in total. The molecule has 0 unspecified atom stereocenters. The lowest BCUT2D eigenvalue weighted by molar-refractivity contribution is 0.256. The van der Waals surface area contributed by atoms with E-state index >= 15 is 0 Å². The smallest absolute Gasteiger partial charge is 0.326 e. The fourth-order valence-corrected chi connectivity index (χ4v) is 3.80. The second kappa shape index (κ2) is 9.17. The minimum atomic E-state index is -0.281. The van der Waals surface area contributed by atoms with Crippen LogP contribution in [0.3, 0.4) is 0 Å². The molecule has 2 amide bonds. The van der Waals surface area contributed by atoms with Crippen molar-refractivity contribution in [2.24, 2.45) is 0 Å². The molecular formula is C22H24ClN5O2. The molecule has 1 aromatic heterocycles. The summed E-state index contributed by atoms with van der Waals surface area (Å²) in [5.74, 6) is 2.43. The topological polar surface area (TPSA) is 72.3 Å². The Morgan fingerprint density at radius 3 is 2.87 bits per heavy atom. The summed E-state index contributed by atoms with van der Waals surface area (Å²) < 4.78 is 7.39. The van der Waals surface area contributed by atoms with E-state index in [0.29, 0.717) is 28.7 Å². The van der Waals surface area contributed by atoms with Crippen LogP contribution < -0.4 is 15.0 Å². The number of carbonyl (C=O) groups excluding carboxylic acids is 1. The number of urea groups is 1. The van der Waals surface area contributed by atoms with Gasteiger partial charge in [0.15, 0.2) is 5.82 Å². The molecular weight excluding hydrogens is 402 g/mol. The largest absolute Gasteiger partial charge is 0.497 e. The Kier molecular flexibility index (Phi) is 6.18. The van der Waals surface area contributed by atoms with Gasteiger partial charge in [-0.25, -0.2) is 4.79 Å². The first-order chi connectivity index (χ1) is 14.6. The molecule has 3 aromatic rings. The van der Waals surface area contributed by atoms with Crippen molar-refractivity contribution in [2.45, 2.75) is 38.8 Å². The van der Waals surface area contributed by atoms with Gasteiger partial charge in [0.25, 0.3) is 0 Å². The summed E-state index contributed by atoms with van der Waals surface area (Å²) in [6.07, 6.45) is 4.30. The Morgan fingerprint density at radius 2 is 2.03 bits per heavy atom. The highest BCUT2D eigenvalue weighted by Gasteiger charge is 2.22. The van der Waals surface area contributed by atoms with E-state index in [0.717, 1.165) is 37.5 Å². The number of amides is 2. The van der Waals surface area contributed by atoms with Gasteiger partial charge in [0.2, 0.25) is 0 Å². The van der Waals surface area contributed by atoms with Crippen molar-refractivity contribution >= 4 is 29.0 Å². The lowest BCUT2D eigenvalue weighted by atomic mass is 10.2. The molecule has 7 nitrogen and oxygen atoms in total. The van der Waals surface area contributed by atoms with E-state index in [1.165, 1.54) is 6.42 Å². The van der Waals surface area contributed by atoms with Gasteiger partial charge in [-0.2, -0.15) is 0 Å². The average Bonchev–Trinajstić information content (AvgIpc) is 2.97. The monoisotopic (exact) mass is 425 g/mol. The van der Waals surface area contributed by atoms with Crippen LogP contribution in [0.15, 0.2) is 48.5 Å². The molecule has 2 heterocycles. The second-order valence-corrected chi connectivity index (χ2v) is 7.66. The van der Waals surface area contributed by atoms with Crippen LogP contribution in [-0.4, -0.2) is 27.9 Å². The van der Waals surface area contributed by atoms with Crippen molar-refractivity contribution in [2.75, 3.05) is 17.3 Å². The van der Waals surface area contributed by atoms with Crippen molar-refractivity contribution in [1.82, 2.24) is 14.8 Å². The van der Waals surface area contributed by atoms with Gasteiger partial charge in [0.05, 0.1) is 13.7 Å². The number of benzene rings is 2. The van der Waals surface area contributed by atoms with E-state index in [2.05, 4.69) is 20.1 Å². The van der Waals surface area contributed by atoms with Crippen molar-refractivity contribution < 1.29 is 9.53 Å². The van der Waals surface area contributed by atoms with Crippen LogP contribution in [0.1, 0.15) is 30.9 Å². The summed E-state index contributed by atoms with van der Waals surface area (Å²) >= 11 is 6.20. The van der Waals surface area contributed by atoms with E-state index in [4.69, 9.17) is 16.3 Å². The first-order valence-corrected chi connectivity index (χ1v) is 10.4. The zero-order valence-electron chi connectivity index (χ0n) is 16.8. The molecule has 0 bridgehead atoms. The number of aromatic nitrogens is 3. The summed E-state index contributed by atoms with van der Waals surface area (Å²) in [7, 11) is 1.59. The van der Waals surface area contributed by atoms with E-state index in [-0.39, 0.29) is 6.03 Å². The van der Waals surface area contributed by atoms with E-state index in [1.807, 2.05) is 30.3 Å². The lowest BCUT2D eigenvalue weighted by Gasteiger charge is -2.23. The van der Waals surface area contributed by atoms with Gasteiger partial charge in [-0.15, -0.1) is 10.2 Å². The normalized spacial score (nSPS) is 13.3. The number of nitrogens with zero attached hydrogens (tertiary/aromatic N) is 4. The van der Waals surface area contributed by atoms with Crippen LogP contribution in [-0.2, 0) is 19.5 Å². The Balaban J connectivity index is 1.63. The number of anilines is 2. The Hall–Kier alpha value is -3.06. The molecule has 30 heavy (non-hydrogen) atoms. The fraction of sp³-hybridized carbons (Fsp3) is 0.318. The molecule has 1 aliphatic rings. The van der Waals surface area contributed by atoms with Gasteiger partial charge in [0.1, 0.15) is 11.6 Å². The molecule has 0 fully saturated rings. The first-order valence-electron chi connectivity index (χ1n) is 10.0. The van der Waals surface area contributed by atoms with Crippen molar-refractivity contribution in [3.63, 3.8) is 0 Å². The van der Waals surface area contributed by atoms with E-state index in [9.17, 15) is 4.79 Å². The van der Waals surface area contributed by atoms with Crippen LogP contribution in [0.25, 0.3) is 0 Å². The van der Waals surface area contributed by atoms with Crippen molar-refractivity contribution in [3.8, 4) is 5.75 Å². The zero-order chi connectivity index (χ0) is 20.9. The molecule has 2 aromatic carbocycles. The average molecular weight is 426 g/mol. The maximum absolute atomic E-state index is 13.3. The molecule has 0 radical (unpaired) electrons. The van der Waals surface area contributed by atoms with Crippen LogP contribution in [0, 0.1) is 0 Å². The van der Waals surface area contributed by atoms with Gasteiger partial charge < -0.3 is 14.6 Å². The Labute approximate surface area is 180 Å². The zero-order valence-corrected chi connectivity index (χ0v) is 17.6. The van der Waals surface area contributed by atoms with Crippen LogP contribution in [0.4, 0.5) is 16.2 Å². The molecule has 156 valence electrons.